The maximum atomic E-state index is 11.6. The lowest BCUT2D eigenvalue weighted by Crippen LogP contribution is -2.10. The molecule has 0 unspecified atom stereocenters. The van der Waals surface area contributed by atoms with Crippen LogP contribution in [0.15, 0.2) is 54.6 Å². The Bertz CT molecular complexity index is 1090. The minimum Gasteiger partial charge on any atom is -0.457 e. The minimum atomic E-state index is -3.44. The van der Waals surface area contributed by atoms with Gasteiger partial charge in [0.25, 0.3) is 5.91 Å². The molecule has 140 valence electrons. The van der Waals surface area contributed by atoms with E-state index in [-0.39, 0.29) is 0 Å². The summed E-state index contributed by atoms with van der Waals surface area (Å²) in [6.07, 6.45) is 1.07. The van der Waals surface area contributed by atoms with Gasteiger partial charge in [0.1, 0.15) is 11.5 Å². The molecule has 1 amide bonds. The van der Waals surface area contributed by atoms with Gasteiger partial charge < -0.3 is 15.5 Å². The Morgan fingerprint density at radius 2 is 1.81 bits per heavy atom. The molecule has 0 aliphatic rings. The van der Waals surface area contributed by atoms with E-state index in [1.54, 1.807) is 43.3 Å². The number of hydrogen-bond donors (Lipinski definition) is 3. The van der Waals surface area contributed by atoms with E-state index in [1.807, 2.05) is 18.2 Å². The van der Waals surface area contributed by atoms with E-state index in [2.05, 4.69) is 9.71 Å². The van der Waals surface area contributed by atoms with Gasteiger partial charge in [-0.2, -0.15) is 0 Å². The number of aromatic amines is 1. The van der Waals surface area contributed by atoms with E-state index in [9.17, 15) is 13.2 Å². The van der Waals surface area contributed by atoms with Crippen molar-refractivity contribution in [3.63, 3.8) is 0 Å². The lowest BCUT2D eigenvalue weighted by molar-refractivity contribution is 0.1000. The van der Waals surface area contributed by atoms with E-state index in [0.717, 1.165) is 6.26 Å². The second-order valence-electron chi connectivity index (χ2n) is 6.09. The van der Waals surface area contributed by atoms with Crippen LogP contribution in [0.3, 0.4) is 0 Å². The summed E-state index contributed by atoms with van der Waals surface area (Å²) in [5, 5.41) is 0. The summed E-state index contributed by atoms with van der Waals surface area (Å²) in [7, 11) is -3.44. The van der Waals surface area contributed by atoms with Gasteiger partial charge in [0.15, 0.2) is 0 Å². The van der Waals surface area contributed by atoms with Gasteiger partial charge in [0.05, 0.1) is 17.5 Å². The van der Waals surface area contributed by atoms with Crippen LogP contribution in [-0.2, 0) is 10.0 Å². The van der Waals surface area contributed by atoms with Crippen molar-refractivity contribution in [1.82, 2.24) is 4.98 Å². The highest BCUT2D eigenvalue weighted by Crippen LogP contribution is 2.36. The maximum absolute atomic E-state index is 11.6. The molecule has 2 aromatic carbocycles. The molecule has 0 aliphatic carbocycles. The summed E-state index contributed by atoms with van der Waals surface area (Å²) in [4.78, 5) is 14.7. The van der Waals surface area contributed by atoms with Gasteiger partial charge in [0, 0.05) is 16.9 Å². The third kappa shape index (κ3) is 4.48. The number of aryl methyl sites for hydroxylation is 1. The number of H-pyrrole nitrogens is 1. The predicted molar refractivity (Wildman–Crippen MR) is 104 cm³/mol. The van der Waals surface area contributed by atoms with Gasteiger partial charge in [-0.1, -0.05) is 18.2 Å². The number of amides is 1. The van der Waals surface area contributed by atoms with Crippen molar-refractivity contribution in [3.8, 4) is 22.8 Å². The number of nitrogens with one attached hydrogen (secondary N) is 2. The summed E-state index contributed by atoms with van der Waals surface area (Å²) in [6, 6.07) is 15.7. The van der Waals surface area contributed by atoms with Gasteiger partial charge in [-0.25, -0.2) is 8.42 Å². The van der Waals surface area contributed by atoms with Crippen molar-refractivity contribution in [2.45, 2.75) is 6.92 Å². The molecule has 1 heterocycles. The van der Waals surface area contributed by atoms with Gasteiger partial charge in [-0.05, 0) is 43.3 Å². The predicted octanol–water partition coefficient (Wildman–Crippen LogP) is 3.25. The first-order chi connectivity index (χ1) is 12.7. The largest absolute Gasteiger partial charge is 0.457 e. The van der Waals surface area contributed by atoms with Crippen LogP contribution < -0.4 is 15.2 Å². The molecule has 0 spiro atoms. The molecule has 0 radical (unpaired) electrons. The molecule has 0 saturated carbocycles. The standard InChI is InChI=1S/C19H19N3O4S/c1-12-15(19(20)23)11-17(21-12)16-10-13(22-27(2,24)25)8-9-18(16)26-14-6-4-3-5-7-14/h3-11,21-22H,1-2H3,(H2,20,23). The number of rotatable bonds is 6. The highest BCUT2D eigenvalue weighted by atomic mass is 32.2. The zero-order valence-corrected chi connectivity index (χ0v) is 15.6. The lowest BCUT2D eigenvalue weighted by atomic mass is 10.1. The van der Waals surface area contributed by atoms with Crippen LogP contribution in [0.1, 0.15) is 16.1 Å². The molecule has 27 heavy (non-hydrogen) atoms. The molecule has 0 bridgehead atoms. The minimum absolute atomic E-state index is 0.358. The van der Waals surface area contributed by atoms with E-state index < -0.39 is 15.9 Å². The smallest absolute Gasteiger partial charge is 0.250 e. The van der Waals surface area contributed by atoms with E-state index >= 15 is 0 Å². The zero-order chi connectivity index (χ0) is 19.6. The molecule has 3 rings (SSSR count). The third-order valence-corrected chi connectivity index (χ3v) is 4.43. The number of ether oxygens (including phenoxy) is 1. The normalized spacial score (nSPS) is 11.2. The second kappa shape index (κ2) is 7.16. The van der Waals surface area contributed by atoms with Crippen molar-refractivity contribution in [1.29, 1.82) is 0 Å². The molecule has 0 aliphatic heterocycles. The number of aromatic nitrogens is 1. The van der Waals surface area contributed by atoms with Crippen LogP contribution in [0, 0.1) is 6.92 Å². The Kier molecular flexibility index (Phi) is 4.91. The molecule has 4 N–H and O–H groups in total. The van der Waals surface area contributed by atoms with E-state index in [0.29, 0.717) is 39.7 Å². The number of hydrogen-bond acceptors (Lipinski definition) is 4. The SMILES string of the molecule is Cc1[nH]c(-c2cc(NS(C)(=O)=O)ccc2Oc2ccccc2)cc1C(N)=O. The van der Waals surface area contributed by atoms with Crippen LogP contribution in [0.4, 0.5) is 5.69 Å². The molecular formula is C19H19N3O4S. The fourth-order valence-corrected chi connectivity index (χ4v) is 3.24. The molecule has 0 atom stereocenters. The van der Waals surface area contributed by atoms with Gasteiger partial charge in [-0.3, -0.25) is 9.52 Å². The fourth-order valence-electron chi connectivity index (χ4n) is 2.68. The number of anilines is 1. The van der Waals surface area contributed by atoms with Crippen LogP contribution in [0.2, 0.25) is 0 Å². The third-order valence-electron chi connectivity index (χ3n) is 3.82. The lowest BCUT2D eigenvalue weighted by Gasteiger charge is -2.13. The molecular weight excluding hydrogens is 366 g/mol. The fraction of sp³-hybridized carbons (Fsp3) is 0.105. The molecule has 8 heteroatoms. The molecule has 1 aromatic heterocycles. The maximum Gasteiger partial charge on any atom is 0.250 e. The Hall–Kier alpha value is -3.26. The van der Waals surface area contributed by atoms with Gasteiger partial charge >= 0.3 is 0 Å². The first-order valence-corrected chi connectivity index (χ1v) is 9.96. The average Bonchev–Trinajstić information content (AvgIpc) is 2.98. The van der Waals surface area contributed by atoms with Crippen LogP contribution in [0.5, 0.6) is 11.5 Å². The van der Waals surface area contributed by atoms with Crippen LogP contribution in [0.25, 0.3) is 11.3 Å². The Balaban J connectivity index is 2.10. The molecule has 7 nitrogen and oxygen atoms in total. The molecule has 0 fully saturated rings. The molecule has 0 saturated heterocycles. The molecule has 3 aromatic rings. The average molecular weight is 385 g/mol. The summed E-state index contributed by atoms with van der Waals surface area (Å²) in [5.74, 6) is 0.574. The monoisotopic (exact) mass is 385 g/mol. The van der Waals surface area contributed by atoms with Crippen molar-refractivity contribution in [2.24, 2.45) is 5.73 Å². The number of sulfonamides is 1. The number of nitrogens with two attached hydrogens (primary N) is 1. The van der Waals surface area contributed by atoms with Crippen molar-refractivity contribution >= 4 is 21.6 Å². The number of para-hydroxylation sites is 1. The Morgan fingerprint density at radius 3 is 2.41 bits per heavy atom. The Morgan fingerprint density at radius 1 is 1.11 bits per heavy atom. The summed E-state index contributed by atoms with van der Waals surface area (Å²) in [6.45, 7) is 1.74. The zero-order valence-electron chi connectivity index (χ0n) is 14.8. The summed E-state index contributed by atoms with van der Waals surface area (Å²) < 4.78 is 31.5. The van der Waals surface area contributed by atoms with Gasteiger partial charge in [0.2, 0.25) is 10.0 Å². The number of carbonyl (C=O) groups excluding carboxylic acids is 1. The van der Waals surface area contributed by atoms with Gasteiger partial charge in [-0.15, -0.1) is 0 Å². The van der Waals surface area contributed by atoms with Crippen LogP contribution >= 0.6 is 0 Å². The number of primary amides is 1. The first kappa shape index (κ1) is 18.5. The summed E-state index contributed by atoms with van der Waals surface area (Å²) in [5.41, 5.74) is 7.92. The number of carbonyl (C=O) groups is 1. The van der Waals surface area contributed by atoms with E-state index in [1.165, 1.54) is 0 Å². The van der Waals surface area contributed by atoms with Crippen LogP contribution in [-0.4, -0.2) is 25.6 Å². The quantitative estimate of drug-likeness (QED) is 0.604. The van der Waals surface area contributed by atoms with Crippen molar-refractivity contribution < 1.29 is 17.9 Å². The van der Waals surface area contributed by atoms with E-state index in [4.69, 9.17) is 10.5 Å². The first-order valence-electron chi connectivity index (χ1n) is 8.07. The Labute approximate surface area is 157 Å². The number of benzene rings is 2. The highest BCUT2D eigenvalue weighted by Gasteiger charge is 2.16. The summed E-state index contributed by atoms with van der Waals surface area (Å²) >= 11 is 0. The van der Waals surface area contributed by atoms with Crippen molar-refractivity contribution in [2.75, 3.05) is 11.0 Å². The topological polar surface area (TPSA) is 114 Å². The van der Waals surface area contributed by atoms with Crippen molar-refractivity contribution in [3.05, 3.63) is 65.9 Å². The second-order valence-corrected chi connectivity index (χ2v) is 7.83. The highest BCUT2D eigenvalue weighted by molar-refractivity contribution is 7.92.